The monoisotopic (exact) mass is 252 g/mol. The van der Waals surface area contributed by atoms with Gasteiger partial charge in [-0.2, -0.15) is 0 Å². The van der Waals surface area contributed by atoms with Crippen molar-refractivity contribution in [3.05, 3.63) is 0 Å². The number of rotatable bonds is 1. The van der Waals surface area contributed by atoms with Crippen LogP contribution in [-0.4, -0.2) is 52.6 Å². The summed E-state index contributed by atoms with van der Waals surface area (Å²) < 4.78 is 0. The van der Waals surface area contributed by atoms with Crippen LogP contribution in [0, 0.1) is 11.3 Å². The number of hydrogen-bond acceptors (Lipinski definition) is 2. The summed E-state index contributed by atoms with van der Waals surface area (Å²) in [6.07, 6.45) is 4.09. The van der Waals surface area contributed by atoms with Crippen molar-refractivity contribution in [2.24, 2.45) is 11.3 Å². The molecule has 5 nitrogen and oxygen atoms in total. The smallest absolute Gasteiger partial charge is 0.320 e. The van der Waals surface area contributed by atoms with Crippen molar-refractivity contribution < 1.29 is 14.7 Å². The minimum absolute atomic E-state index is 0.0622. The standard InChI is InChI=1S/C13H20N2O3/c1-13(11(16)17)4-5-14(8-13)12(18)15-7-9-2-3-10(15)6-9/h9-10H,2-8H2,1H3,(H,16,17). The van der Waals surface area contributed by atoms with Gasteiger partial charge in [-0.15, -0.1) is 0 Å². The van der Waals surface area contributed by atoms with Crippen LogP contribution in [0.4, 0.5) is 4.79 Å². The maximum atomic E-state index is 12.4. The van der Waals surface area contributed by atoms with Gasteiger partial charge in [0.25, 0.3) is 0 Å². The summed E-state index contributed by atoms with van der Waals surface area (Å²) in [7, 11) is 0. The van der Waals surface area contributed by atoms with Crippen LogP contribution in [-0.2, 0) is 4.79 Å². The number of carboxylic acid groups (broad SMARTS) is 1. The van der Waals surface area contributed by atoms with Crippen LogP contribution in [0.15, 0.2) is 0 Å². The number of likely N-dealkylation sites (tertiary alicyclic amines) is 2. The number of urea groups is 1. The molecule has 3 rings (SSSR count). The van der Waals surface area contributed by atoms with Crippen molar-refractivity contribution in [2.75, 3.05) is 19.6 Å². The first-order valence-corrected chi connectivity index (χ1v) is 6.78. The van der Waals surface area contributed by atoms with Gasteiger partial charge >= 0.3 is 12.0 Å². The molecular weight excluding hydrogens is 232 g/mol. The SMILES string of the molecule is CC1(C(=O)O)CCN(C(=O)N2CC3CCC2C3)C1. The predicted molar refractivity (Wildman–Crippen MR) is 65.2 cm³/mol. The number of carbonyl (C=O) groups is 2. The first-order valence-electron chi connectivity index (χ1n) is 6.78. The first-order chi connectivity index (χ1) is 8.49. The highest BCUT2D eigenvalue weighted by Crippen LogP contribution is 2.39. The molecular formula is C13H20N2O3. The fourth-order valence-corrected chi connectivity index (χ4v) is 3.64. The van der Waals surface area contributed by atoms with Crippen molar-refractivity contribution in [1.29, 1.82) is 0 Å². The zero-order chi connectivity index (χ0) is 12.9. The van der Waals surface area contributed by atoms with Gasteiger partial charge in [-0.05, 0) is 38.5 Å². The van der Waals surface area contributed by atoms with Gasteiger partial charge in [0, 0.05) is 25.7 Å². The van der Waals surface area contributed by atoms with E-state index in [9.17, 15) is 14.7 Å². The Bertz CT molecular complexity index is 398. The highest BCUT2D eigenvalue weighted by Gasteiger charge is 2.46. The zero-order valence-electron chi connectivity index (χ0n) is 10.8. The van der Waals surface area contributed by atoms with E-state index in [1.807, 2.05) is 4.90 Å². The summed E-state index contributed by atoms with van der Waals surface area (Å²) in [5.74, 6) is -0.104. The summed E-state index contributed by atoms with van der Waals surface area (Å²) in [6.45, 7) is 3.55. The van der Waals surface area contributed by atoms with Crippen molar-refractivity contribution >= 4 is 12.0 Å². The fraction of sp³-hybridized carbons (Fsp3) is 0.846. The molecule has 0 spiro atoms. The number of carbonyl (C=O) groups excluding carboxylic acids is 1. The molecule has 2 saturated heterocycles. The molecule has 5 heteroatoms. The Hall–Kier alpha value is -1.26. The number of fused-ring (bicyclic) bond motifs is 2. The van der Waals surface area contributed by atoms with E-state index in [4.69, 9.17) is 0 Å². The van der Waals surface area contributed by atoms with E-state index in [1.54, 1.807) is 11.8 Å². The van der Waals surface area contributed by atoms with Crippen molar-refractivity contribution in [1.82, 2.24) is 9.80 Å². The molecule has 18 heavy (non-hydrogen) atoms. The number of amides is 2. The van der Waals surface area contributed by atoms with Crippen molar-refractivity contribution in [2.45, 2.75) is 38.6 Å². The van der Waals surface area contributed by atoms with Gasteiger partial charge in [0.05, 0.1) is 5.41 Å². The molecule has 0 aromatic heterocycles. The lowest BCUT2D eigenvalue weighted by Crippen LogP contribution is -2.46. The molecule has 2 amide bonds. The molecule has 1 aliphatic carbocycles. The van der Waals surface area contributed by atoms with E-state index in [1.165, 1.54) is 6.42 Å². The normalized spacial score (nSPS) is 38.5. The van der Waals surface area contributed by atoms with E-state index in [0.29, 0.717) is 31.5 Å². The Labute approximate surface area is 107 Å². The van der Waals surface area contributed by atoms with E-state index in [2.05, 4.69) is 0 Å². The molecule has 2 aliphatic heterocycles. The molecule has 2 bridgehead atoms. The fourth-order valence-electron chi connectivity index (χ4n) is 3.64. The van der Waals surface area contributed by atoms with Crippen LogP contribution in [0.25, 0.3) is 0 Å². The van der Waals surface area contributed by atoms with Gasteiger partial charge in [-0.1, -0.05) is 0 Å². The lowest BCUT2D eigenvalue weighted by atomic mass is 9.90. The van der Waals surface area contributed by atoms with E-state index in [0.717, 1.165) is 19.4 Å². The van der Waals surface area contributed by atoms with Gasteiger partial charge < -0.3 is 14.9 Å². The number of aliphatic carboxylic acids is 1. The summed E-state index contributed by atoms with van der Waals surface area (Å²) >= 11 is 0. The molecule has 0 radical (unpaired) electrons. The van der Waals surface area contributed by atoms with Crippen molar-refractivity contribution in [3.63, 3.8) is 0 Å². The third kappa shape index (κ3) is 1.68. The topological polar surface area (TPSA) is 60.9 Å². The minimum atomic E-state index is -0.791. The molecule has 0 aromatic carbocycles. The second-order valence-corrected chi connectivity index (χ2v) is 6.31. The van der Waals surface area contributed by atoms with E-state index >= 15 is 0 Å². The summed E-state index contributed by atoms with van der Waals surface area (Å²) in [4.78, 5) is 27.3. The third-order valence-electron chi connectivity index (χ3n) is 4.92. The van der Waals surface area contributed by atoms with Gasteiger partial charge in [-0.25, -0.2) is 4.79 Å². The second-order valence-electron chi connectivity index (χ2n) is 6.31. The van der Waals surface area contributed by atoms with Crippen molar-refractivity contribution in [3.8, 4) is 0 Å². The minimum Gasteiger partial charge on any atom is -0.481 e. The number of carboxylic acids is 1. The summed E-state index contributed by atoms with van der Waals surface area (Å²) in [6, 6.07) is 0.478. The molecule has 0 aromatic rings. The van der Waals surface area contributed by atoms with E-state index < -0.39 is 11.4 Å². The number of nitrogens with zero attached hydrogens (tertiary/aromatic N) is 2. The molecule has 100 valence electrons. The van der Waals surface area contributed by atoms with Gasteiger partial charge in [0.15, 0.2) is 0 Å². The zero-order valence-corrected chi connectivity index (χ0v) is 10.8. The second kappa shape index (κ2) is 3.87. The van der Waals surface area contributed by atoms with Gasteiger partial charge in [-0.3, -0.25) is 4.79 Å². The predicted octanol–water partition coefficient (Wildman–Crippen LogP) is 1.39. The first kappa shape index (κ1) is 11.8. The Morgan fingerprint density at radius 1 is 1.33 bits per heavy atom. The lowest BCUT2D eigenvalue weighted by molar-refractivity contribution is -0.147. The quantitative estimate of drug-likeness (QED) is 0.767. The maximum absolute atomic E-state index is 12.4. The molecule has 3 fully saturated rings. The van der Waals surface area contributed by atoms with E-state index in [-0.39, 0.29) is 6.03 Å². The molecule has 3 aliphatic rings. The Kier molecular flexibility index (Phi) is 2.54. The van der Waals surface area contributed by atoms with Crippen LogP contribution < -0.4 is 0 Å². The average molecular weight is 252 g/mol. The van der Waals surface area contributed by atoms with Gasteiger partial charge in [0.2, 0.25) is 0 Å². The van der Waals surface area contributed by atoms with Crippen LogP contribution in [0.5, 0.6) is 0 Å². The largest absolute Gasteiger partial charge is 0.481 e. The Balaban J connectivity index is 1.66. The molecule has 1 saturated carbocycles. The molecule has 3 unspecified atom stereocenters. The molecule has 1 N–H and O–H groups in total. The summed E-state index contributed by atoms with van der Waals surface area (Å²) in [5, 5.41) is 9.19. The number of hydrogen-bond donors (Lipinski definition) is 1. The van der Waals surface area contributed by atoms with Crippen LogP contribution >= 0.6 is 0 Å². The highest BCUT2D eigenvalue weighted by molar-refractivity contribution is 5.80. The molecule has 3 atom stereocenters. The van der Waals surface area contributed by atoms with Crippen LogP contribution in [0.3, 0.4) is 0 Å². The van der Waals surface area contributed by atoms with Crippen LogP contribution in [0.1, 0.15) is 32.6 Å². The average Bonchev–Trinajstić information content (AvgIpc) is 3.02. The Morgan fingerprint density at radius 2 is 2.11 bits per heavy atom. The lowest BCUT2D eigenvalue weighted by Gasteiger charge is -2.31. The summed E-state index contributed by atoms with van der Waals surface area (Å²) in [5.41, 5.74) is -0.756. The number of piperidine rings is 1. The molecule has 2 heterocycles. The highest BCUT2D eigenvalue weighted by atomic mass is 16.4. The van der Waals surface area contributed by atoms with Gasteiger partial charge in [0.1, 0.15) is 0 Å². The maximum Gasteiger partial charge on any atom is 0.320 e. The van der Waals surface area contributed by atoms with Crippen LogP contribution in [0.2, 0.25) is 0 Å². The Morgan fingerprint density at radius 3 is 2.61 bits per heavy atom. The third-order valence-corrected chi connectivity index (χ3v) is 4.92.